The predicted molar refractivity (Wildman–Crippen MR) is 71.5 cm³/mol. The lowest BCUT2D eigenvalue weighted by Gasteiger charge is -2.07. The van der Waals surface area contributed by atoms with Gasteiger partial charge in [-0.25, -0.2) is 13.1 Å². The second kappa shape index (κ2) is 6.99. The van der Waals surface area contributed by atoms with Crippen molar-refractivity contribution >= 4 is 21.7 Å². The summed E-state index contributed by atoms with van der Waals surface area (Å²) in [7, 11) is -1.54. The number of nitrogens with one attached hydrogen (secondary N) is 1. The minimum atomic E-state index is -3.96. The molecule has 0 saturated heterocycles. The Morgan fingerprint density at radius 3 is 2.57 bits per heavy atom. The van der Waals surface area contributed by atoms with Crippen molar-refractivity contribution in [2.75, 3.05) is 20.8 Å². The van der Waals surface area contributed by atoms with Gasteiger partial charge in [0.15, 0.2) is 5.75 Å². The van der Waals surface area contributed by atoms with Gasteiger partial charge >= 0.3 is 11.7 Å². The summed E-state index contributed by atoms with van der Waals surface area (Å²) < 4.78 is 35.2. The molecule has 0 aliphatic heterocycles. The topological polar surface area (TPSA) is 125 Å². The number of esters is 1. The summed E-state index contributed by atoms with van der Waals surface area (Å²) in [4.78, 5) is 20.7. The lowest BCUT2D eigenvalue weighted by atomic mass is 10.3. The molecule has 0 fully saturated rings. The van der Waals surface area contributed by atoms with E-state index < -0.39 is 26.6 Å². The van der Waals surface area contributed by atoms with Gasteiger partial charge in [0.25, 0.3) is 0 Å². The van der Waals surface area contributed by atoms with E-state index in [1.807, 2.05) is 0 Å². The van der Waals surface area contributed by atoms with Crippen LogP contribution in [0.2, 0.25) is 0 Å². The van der Waals surface area contributed by atoms with Gasteiger partial charge in [0.2, 0.25) is 10.0 Å². The zero-order valence-corrected chi connectivity index (χ0v) is 12.2. The number of ether oxygens (including phenoxy) is 2. The number of carbonyl (C=O) groups is 1. The van der Waals surface area contributed by atoms with Gasteiger partial charge in [0, 0.05) is 12.6 Å². The number of nitro groups is 1. The van der Waals surface area contributed by atoms with Crippen LogP contribution in [-0.4, -0.2) is 40.1 Å². The van der Waals surface area contributed by atoms with Gasteiger partial charge in [0.05, 0.1) is 30.5 Å². The number of benzene rings is 1. The maximum Gasteiger partial charge on any atom is 0.312 e. The van der Waals surface area contributed by atoms with E-state index in [4.69, 9.17) is 4.74 Å². The van der Waals surface area contributed by atoms with Crippen LogP contribution >= 0.6 is 0 Å². The summed E-state index contributed by atoms with van der Waals surface area (Å²) in [6.45, 7) is -0.172. The van der Waals surface area contributed by atoms with Crippen LogP contribution in [0.15, 0.2) is 23.1 Å². The fraction of sp³-hybridized carbons (Fsp3) is 0.364. The summed E-state index contributed by atoms with van der Waals surface area (Å²) in [6, 6.07) is 3.25. The van der Waals surface area contributed by atoms with E-state index in [9.17, 15) is 23.3 Å². The van der Waals surface area contributed by atoms with Gasteiger partial charge in [-0.05, 0) is 12.1 Å². The summed E-state index contributed by atoms with van der Waals surface area (Å²) in [5.41, 5.74) is -0.464. The first-order chi connectivity index (χ1) is 9.81. The molecule has 9 nitrogen and oxygen atoms in total. The number of methoxy groups -OCH3 is 2. The molecule has 21 heavy (non-hydrogen) atoms. The molecule has 1 aromatic carbocycles. The normalized spacial score (nSPS) is 11.0. The van der Waals surface area contributed by atoms with E-state index in [2.05, 4.69) is 9.46 Å². The molecule has 0 unspecified atom stereocenters. The lowest BCUT2D eigenvalue weighted by Crippen LogP contribution is -2.26. The van der Waals surface area contributed by atoms with Crippen LogP contribution < -0.4 is 9.46 Å². The summed E-state index contributed by atoms with van der Waals surface area (Å²) in [5.74, 6) is -0.619. The van der Waals surface area contributed by atoms with Gasteiger partial charge in [-0.1, -0.05) is 0 Å². The van der Waals surface area contributed by atoms with Crippen LogP contribution in [0, 0.1) is 10.1 Å². The molecule has 0 aliphatic carbocycles. The van der Waals surface area contributed by atoms with E-state index in [0.29, 0.717) is 0 Å². The number of hydrogen-bond donors (Lipinski definition) is 1. The Kier molecular flexibility index (Phi) is 5.61. The Balaban J connectivity index is 2.96. The molecule has 1 rings (SSSR count). The molecule has 1 N–H and O–H groups in total. The first kappa shape index (κ1) is 16.9. The molecule has 0 spiro atoms. The van der Waals surface area contributed by atoms with E-state index in [1.54, 1.807) is 0 Å². The molecule has 10 heteroatoms. The fourth-order valence-corrected chi connectivity index (χ4v) is 2.50. The number of rotatable bonds is 7. The van der Waals surface area contributed by atoms with Gasteiger partial charge in [-0.2, -0.15) is 0 Å². The third-order valence-electron chi connectivity index (χ3n) is 2.51. The zero-order valence-electron chi connectivity index (χ0n) is 11.4. The SMILES string of the molecule is COC(=O)CCNS(=O)(=O)c1ccc(OC)c([N+](=O)[O-])c1. The van der Waals surface area contributed by atoms with Crippen molar-refractivity contribution < 1.29 is 27.6 Å². The van der Waals surface area contributed by atoms with Crippen LogP contribution in [0.25, 0.3) is 0 Å². The number of nitrogens with zero attached hydrogens (tertiary/aromatic N) is 1. The van der Waals surface area contributed by atoms with Crippen LogP contribution in [-0.2, 0) is 19.6 Å². The summed E-state index contributed by atoms with van der Waals surface area (Å²) in [6.07, 6.45) is -0.145. The Morgan fingerprint density at radius 1 is 1.38 bits per heavy atom. The second-order valence-corrected chi connectivity index (χ2v) is 5.58. The number of carbonyl (C=O) groups excluding carboxylic acids is 1. The highest BCUT2D eigenvalue weighted by Gasteiger charge is 2.21. The smallest absolute Gasteiger partial charge is 0.312 e. The molecule has 0 saturated carbocycles. The third-order valence-corrected chi connectivity index (χ3v) is 3.96. The van der Waals surface area contributed by atoms with Crippen molar-refractivity contribution in [3.8, 4) is 5.75 Å². The molecule has 0 aliphatic rings. The van der Waals surface area contributed by atoms with Crippen LogP contribution in [0.1, 0.15) is 6.42 Å². The second-order valence-electron chi connectivity index (χ2n) is 3.81. The minimum Gasteiger partial charge on any atom is -0.490 e. The highest BCUT2D eigenvalue weighted by molar-refractivity contribution is 7.89. The Morgan fingerprint density at radius 2 is 2.05 bits per heavy atom. The minimum absolute atomic E-state index is 0.0477. The van der Waals surface area contributed by atoms with Gasteiger partial charge in [0.1, 0.15) is 0 Å². The fourth-order valence-electron chi connectivity index (χ4n) is 1.45. The molecule has 116 valence electrons. The Bertz CT molecular complexity index is 642. The third kappa shape index (κ3) is 4.39. The maximum absolute atomic E-state index is 11.9. The summed E-state index contributed by atoms with van der Waals surface area (Å²) in [5, 5.41) is 10.9. The maximum atomic E-state index is 11.9. The van der Waals surface area contributed by atoms with Crippen molar-refractivity contribution in [2.24, 2.45) is 0 Å². The largest absolute Gasteiger partial charge is 0.490 e. The average Bonchev–Trinajstić information content (AvgIpc) is 2.45. The summed E-state index contributed by atoms with van der Waals surface area (Å²) >= 11 is 0. The van der Waals surface area contributed by atoms with E-state index >= 15 is 0 Å². The molecule has 0 aromatic heterocycles. The van der Waals surface area contributed by atoms with Crippen molar-refractivity contribution in [3.63, 3.8) is 0 Å². The first-order valence-corrected chi connectivity index (χ1v) is 7.19. The molecule has 0 radical (unpaired) electrons. The number of sulfonamides is 1. The van der Waals surface area contributed by atoms with E-state index in [1.165, 1.54) is 26.4 Å². The highest BCUT2D eigenvalue weighted by Crippen LogP contribution is 2.29. The molecular weight excluding hydrogens is 304 g/mol. The van der Waals surface area contributed by atoms with Crippen LogP contribution in [0.5, 0.6) is 5.75 Å². The standard InChI is InChI=1S/C11H14N2O7S/c1-19-10-4-3-8(7-9(10)13(15)16)21(17,18)12-6-5-11(14)20-2/h3-4,7,12H,5-6H2,1-2H3. The van der Waals surface area contributed by atoms with Gasteiger partial charge in [-0.15, -0.1) is 0 Å². The predicted octanol–water partition coefficient (Wildman–Crippen LogP) is 0.445. The quantitative estimate of drug-likeness (QED) is 0.439. The van der Waals surface area contributed by atoms with Crippen molar-refractivity contribution in [1.29, 1.82) is 0 Å². The first-order valence-electron chi connectivity index (χ1n) is 5.70. The van der Waals surface area contributed by atoms with Crippen molar-refractivity contribution in [2.45, 2.75) is 11.3 Å². The van der Waals surface area contributed by atoms with Crippen molar-refractivity contribution in [3.05, 3.63) is 28.3 Å². The van der Waals surface area contributed by atoms with Gasteiger partial charge < -0.3 is 9.47 Å². The van der Waals surface area contributed by atoms with Gasteiger partial charge in [-0.3, -0.25) is 14.9 Å². The molecule has 0 atom stereocenters. The zero-order chi connectivity index (χ0) is 16.0. The van der Waals surface area contributed by atoms with Crippen LogP contribution in [0.4, 0.5) is 5.69 Å². The average molecular weight is 318 g/mol. The molecular formula is C11H14N2O7S. The monoisotopic (exact) mass is 318 g/mol. The lowest BCUT2D eigenvalue weighted by molar-refractivity contribution is -0.386. The number of hydrogen-bond acceptors (Lipinski definition) is 7. The molecule has 0 heterocycles. The molecule has 1 aromatic rings. The van der Waals surface area contributed by atoms with Crippen molar-refractivity contribution in [1.82, 2.24) is 4.72 Å². The Labute approximate surface area is 121 Å². The Hall–Kier alpha value is -2.20. The van der Waals surface area contributed by atoms with E-state index in [0.717, 1.165) is 6.07 Å². The van der Waals surface area contributed by atoms with Crippen LogP contribution in [0.3, 0.4) is 0 Å². The highest BCUT2D eigenvalue weighted by atomic mass is 32.2. The van der Waals surface area contributed by atoms with E-state index in [-0.39, 0.29) is 23.6 Å². The molecule has 0 amide bonds. The molecule has 0 bridgehead atoms. The number of nitro benzene ring substituents is 1.